The molecule has 1 aliphatic heterocycles. The van der Waals surface area contributed by atoms with Crippen molar-refractivity contribution < 1.29 is 4.79 Å². The number of benzene rings is 3. The van der Waals surface area contributed by atoms with E-state index in [0.717, 1.165) is 41.1 Å². The Bertz CT molecular complexity index is 1190. The zero-order valence-electron chi connectivity index (χ0n) is 17.2. The number of carbonyl (C=O) groups is 1. The van der Waals surface area contributed by atoms with Crippen LogP contribution in [0.2, 0.25) is 0 Å². The highest BCUT2D eigenvalue weighted by molar-refractivity contribution is 5.99. The van der Waals surface area contributed by atoms with Gasteiger partial charge >= 0.3 is 0 Å². The lowest BCUT2D eigenvalue weighted by Gasteiger charge is -2.17. The van der Waals surface area contributed by atoms with Crippen LogP contribution in [0, 0.1) is 0 Å². The third-order valence-corrected chi connectivity index (χ3v) is 5.92. The standard InChI is InChI=1S/C25H25N5O/c26-13-12-21(17-6-2-1-3-7-17)25(31)27-20-10-11-23-22(14-20)24(29-28-23)30-15-18-8-4-5-9-19(18)16-30/h1-11,14,21H,12-13,15-16,26H2,(H,27,31)(H,28,29). The maximum atomic E-state index is 13.1. The average Bonchev–Trinajstić information content (AvgIpc) is 3.41. The van der Waals surface area contributed by atoms with Crippen LogP contribution >= 0.6 is 0 Å². The molecule has 156 valence electrons. The summed E-state index contributed by atoms with van der Waals surface area (Å²) < 4.78 is 0. The minimum atomic E-state index is -0.279. The number of hydrogen-bond donors (Lipinski definition) is 3. The fourth-order valence-corrected chi connectivity index (χ4v) is 4.33. The maximum Gasteiger partial charge on any atom is 0.231 e. The minimum Gasteiger partial charge on any atom is -0.346 e. The Kier molecular flexibility index (Phi) is 5.14. The Morgan fingerprint density at radius 3 is 2.45 bits per heavy atom. The van der Waals surface area contributed by atoms with E-state index in [1.165, 1.54) is 11.1 Å². The van der Waals surface area contributed by atoms with Gasteiger partial charge in [-0.15, -0.1) is 0 Å². The van der Waals surface area contributed by atoms with E-state index in [-0.39, 0.29) is 11.8 Å². The van der Waals surface area contributed by atoms with Crippen LogP contribution in [0.5, 0.6) is 0 Å². The number of fused-ring (bicyclic) bond motifs is 2. The molecule has 0 bridgehead atoms. The lowest BCUT2D eigenvalue weighted by atomic mass is 9.94. The number of amides is 1. The smallest absolute Gasteiger partial charge is 0.231 e. The van der Waals surface area contributed by atoms with Crippen molar-refractivity contribution in [1.29, 1.82) is 0 Å². The number of anilines is 2. The fraction of sp³-hybridized carbons (Fsp3) is 0.200. The number of carbonyl (C=O) groups excluding carboxylic acids is 1. The predicted octanol–water partition coefficient (Wildman–Crippen LogP) is 4.15. The lowest BCUT2D eigenvalue weighted by Crippen LogP contribution is -2.23. The molecule has 31 heavy (non-hydrogen) atoms. The van der Waals surface area contributed by atoms with Crippen molar-refractivity contribution in [3.05, 3.63) is 89.5 Å². The molecule has 4 aromatic rings. The third kappa shape index (κ3) is 3.78. The zero-order chi connectivity index (χ0) is 21.2. The fourth-order valence-electron chi connectivity index (χ4n) is 4.33. The van der Waals surface area contributed by atoms with Gasteiger partial charge in [0.05, 0.1) is 11.4 Å². The van der Waals surface area contributed by atoms with Gasteiger partial charge in [-0.1, -0.05) is 54.6 Å². The van der Waals surface area contributed by atoms with Crippen LogP contribution in [0.3, 0.4) is 0 Å². The van der Waals surface area contributed by atoms with E-state index < -0.39 is 0 Å². The summed E-state index contributed by atoms with van der Waals surface area (Å²) in [4.78, 5) is 15.3. The SMILES string of the molecule is NCCC(C(=O)Nc1ccc2[nH]nc(N3Cc4ccccc4C3)c2c1)c1ccccc1. The van der Waals surface area contributed by atoms with Crippen LogP contribution in [0.4, 0.5) is 11.5 Å². The topological polar surface area (TPSA) is 87.0 Å². The molecular formula is C25H25N5O. The van der Waals surface area contributed by atoms with Crippen molar-refractivity contribution in [2.75, 3.05) is 16.8 Å². The van der Waals surface area contributed by atoms with Crippen LogP contribution in [0.25, 0.3) is 10.9 Å². The van der Waals surface area contributed by atoms with Crippen LogP contribution < -0.4 is 16.0 Å². The largest absolute Gasteiger partial charge is 0.346 e. The molecule has 1 unspecified atom stereocenters. The monoisotopic (exact) mass is 411 g/mol. The van der Waals surface area contributed by atoms with E-state index in [1.54, 1.807) is 0 Å². The number of nitrogens with two attached hydrogens (primary N) is 1. The van der Waals surface area contributed by atoms with Gasteiger partial charge in [0.1, 0.15) is 0 Å². The summed E-state index contributed by atoms with van der Waals surface area (Å²) in [7, 11) is 0. The molecule has 3 aromatic carbocycles. The molecule has 0 spiro atoms. The first-order chi connectivity index (χ1) is 15.2. The Balaban J connectivity index is 1.40. The van der Waals surface area contributed by atoms with Gasteiger partial charge in [0.15, 0.2) is 5.82 Å². The maximum absolute atomic E-state index is 13.1. The van der Waals surface area contributed by atoms with Gasteiger partial charge in [0, 0.05) is 24.2 Å². The van der Waals surface area contributed by atoms with Gasteiger partial charge in [0.2, 0.25) is 5.91 Å². The van der Waals surface area contributed by atoms with Crippen molar-refractivity contribution in [3.63, 3.8) is 0 Å². The van der Waals surface area contributed by atoms with Crippen LogP contribution in [0.1, 0.15) is 29.0 Å². The van der Waals surface area contributed by atoms with Crippen LogP contribution in [0.15, 0.2) is 72.8 Å². The first-order valence-corrected chi connectivity index (χ1v) is 10.6. The highest BCUT2D eigenvalue weighted by Gasteiger charge is 2.23. The van der Waals surface area contributed by atoms with Gasteiger partial charge in [-0.3, -0.25) is 9.89 Å². The summed E-state index contributed by atoms with van der Waals surface area (Å²) in [5, 5.41) is 11.8. The minimum absolute atomic E-state index is 0.0466. The number of rotatable bonds is 6. The van der Waals surface area contributed by atoms with E-state index >= 15 is 0 Å². The molecule has 1 amide bonds. The highest BCUT2D eigenvalue weighted by atomic mass is 16.1. The number of aromatic amines is 1. The first-order valence-electron chi connectivity index (χ1n) is 10.6. The summed E-state index contributed by atoms with van der Waals surface area (Å²) in [5.41, 5.74) is 11.1. The van der Waals surface area contributed by atoms with Crippen LogP contribution in [-0.4, -0.2) is 22.6 Å². The predicted molar refractivity (Wildman–Crippen MR) is 124 cm³/mol. The number of nitrogens with one attached hydrogen (secondary N) is 2. The Labute approximate surface area is 181 Å². The van der Waals surface area contributed by atoms with E-state index in [4.69, 9.17) is 5.73 Å². The van der Waals surface area contributed by atoms with E-state index in [1.807, 2.05) is 48.5 Å². The molecule has 6 nitrogen and oxygen atoms in total. The number of H-pyrrole nitrogens is 1. The van der Waals surface area contributed by atoms with Gasteiger partial charge in [-0.2, -0.15) is 5.10 Å². The molecule has 1 aromatic heterocycles. The van der Waals surface area contributed by atoms with Gasteiger partial charge in [-0.25, -0.2) is 0 Å². The zero-order valence-corrected chi connectivity index (χ0v) is 17.2. The molecule has 1 atom stereocenters. The van der Waals surface area contributed by atoms with Crippen molar-refractivity contribution in [1.82, 2.24) is 10.2 Å². The lowest BCUT2D eigenvalue weighted by molar-refractivity contribution is -0.117. The Morgan fingerprint density at radius 2 is 1.74 bits per heavy atom. The molecule has 0 aliphatic carbocycles. The molecule has 0 saturated carbocycles. The highest BCUT2D eigenvalue weighted by Crippen LogP contribution is 2.33. The summed E-state index contributed by atoms with van der Waals surface area (Å²) >= 11 is 0. The van der Waals surface area contributed by atoms with Crippen molar-refractivity contribution in [2.45, 2.75) is 25.4 Å². The van der Waals surface area contributed by atoms with E-state index in [0.29, 0.717) is 13.0 Å². The summed E-state index contributed by atoms with van der Waals surface area (Å²) in [5.74, 6) is 0.581. The summed E-state index contributed by atoms with van der Waals surface area (Å²) in [6.45, 7) is 2.12. The summed E-state index contributed by atoms with van der Waals surface area (Å²) in [6, 6.07) is 24.1. The van der Waals surface area contributed by atoms with E-state index in [2.05, 4.69) is 44.7 Å². The third-order valence-electron chi connectivity index (χ3n) is 5.92. The normalized spacial score (nSPS) is 13.9. The Morgan fingerprint density at radius 1 is 1.03 bits per heavy atom. The van der Waals surface area contributed by atoms with Crippen molar-refractivity contribution in [2.24, 2.45) is 5.73 Å². The molecule has 5 rings (SSSR count). The van der Waals surface area contributed by atoms with Gasteiger partial charge in [-0.05, 0) is 47.9 Å². The quantitative estimate of drug-likeness (QED) is 0.445. The van der Waals surface area contributed by atoms with Crippen molar-refractivity contribution in [3.8, 4) is 0 Å². The second-order valence-corrected chi connectivity index (χ2v) is 7.96. The molecular weight excluding hydrogens is 386 g/mol. The van der Waals surface area contributed by atoms with Gasteiger partial charge in [0.25, 0.3) is 0 Å². The average molecular weight is 412 g/mol. The number of nitrogens with zero attached hydrogens (tertiary/aromatic N) is 2. The molecule has 0 saturated heterocycles. The molecule has 6 heteroatoms. The van der Waals surface area contributed by atoms with E-state index in [9.17, 15) is 4.79 Å². The van der Waals surface area contributed by atoms with Gasteiger partial charge < -0.3 is 16.0 Å². The molecule has 4 N–H and O–H groups in total. The van der Waals surface area contributed by atoms with Crippen LogP contribution in [-0.2, 0) is 17.9 Å². The Hall–Kier alpha value is -3.64. The number of aromatic nitrogens is 2. The summed E-state index contributed by atoms with van der Waals surface area (Å²) in [6.07, 6.45) is 0.598. The molecule has 0 radical (unpaired) electrons. The number of hydrogen-bond acceptors (Lipinski definition) is 4. The van der Waals surface area contributed by atoms with Crippen molar-refractivity contribution >= 4 is 28.3 Å². The molecule has 0 fully saturated rings. The second-order valence-electron chi connectivity index (χ2n) is 7.96. The molecule has 2 heterocycles. The molecule has 1 aliphatic rings. The first kappa shape index (κ1) is 19.3. The second kappa shape index (κ2) is 8.24.